The number of sulfonamides is 1. The van der Waals surface area contributed by atoms with Crippen molar-refractivity contribution in [1.82, 2.24) is 4.31 Å². The molecule has 0 spiro atoms. The van der Waals surface area contributed by atoms with Gasteiger partial charge < -0.3 is 4.74 Å². The Balaban J connectivity index is 2.01. The molecule has 2 fully saturated rings. The summed E-state index contributed by atoms with van der Waals surface area (Å²) < 4.78 is 31.5. The lowest BCUT2D eigenvalue weighted by Gasteiger charge is -2.24. The maximum Gasteiger partial charge on any atom is 0.216 e. The second-order valence-electron chi connectivity index (χ2n) is 5.23. The summed E-state index contributed by atoms with van der Waals surface area (Å²) in [6.45, 7) is 2.73. The molecule has 0 saturated carbocycles. The lowest BCUT2D eigenvalue weighted by Crippen LogP contribution is -2.40. The zero-order valence-corrected chi connectivity index (χ0v) is 11.6. The van der Waals surface area contributed by atoms with Gasteiger partial charge >= 0.3 is 0 Å². The van der Waals surface area contributed by atoms with Crippen molar-refractivity contribution in [2.24, 2.45) is 0 Å². The smallest absolute Gasteiger partial charge is 0.216 e. The molecule has 2 unspecified atom stereocenters. The summed E-state index contributed by atoms with van der Waals surface area (Å²) in [4.78, 5) is 11.2. The molecule has 2 rings (SSSR count). The first kappa shape index (κ1) is 14.0. The van der Waals surface area contributed by atoms with Crippen molar-refractivity contribution < 1.29 is 17.9 Å². The lowest BCUT2D eigenvalue weighted by atomic mass is 10.1. The number of ether oxygens (including phenoxy) is 1. The predicted octanol–water partition coefficient (Wildman–Crippen LogP) is 0.939. The number of hydrogen-bond acceptors (Lipinski definition) is 4. The summed E-state index contributed by atoms with van der Waals surface area (Å²) in [6, 6.07) is -0.131. The van der Waals surface area contributed by atoms with Crippen molar-refractivity contribution in [3.05, 3.63) is 0 Å². The SMILES string of the molecule is CC(=O)CC1CCCN1S(=O)(=O)CC1CCCO1. The van der Waals surface area contributed by atoms with Crippen LogP contribution in [0, 0.1) is 0 Å². The Morgan fingerprint density at radius 3 is 2.72 bits per heavy atom. The van der Waals surface area contributed by atoms with E-state index >= 15 is 0 Å². The molecule has 2 saturated heterocycles. The quantitative estimate of drug-likeness (QED) is 0.749. The zero-order valence-electron chi connectivity index (χ0n) is 10.8. The highest BCUT2D eigenvalue weighted by Crippen LogP contribution is 2.26. The van der Waals surface area contributed by atoms with Gasteiger partial charge in [0, 0.05) is 25.6 Å². The average Bonchev–Trinajstić information content (AvgIpc) is 2.87. The first-order valence-corrected chi connectivity index (χ1v) is 8.20. The monoisotopic (exact) mass is 275 g/mol. The van der Waals surface area contributed by atoms with E-state index in [0.29, 0.717) is 19.6 Å². The van der Waals surface area contributed by atoms with Crippen LogP contribution < -0.4 is 0 Å². The molecule has 0 aliphatic carbocycles. The van der Waals surface area contributed by atoms with Crippen molar-refractivity contribution in [1.29, 1.82) is 0 Å². The number of carbonyl (C=O) groups excluding carboxylic acids is 1. The predicted molar refractivity (Wildman–Crippen MR) is 67.8 cm³/mol. The molecule has 0 aromatic rings. The average molecular weight is 275 g/mol. The van der Waals surface area contributed by atoms with Crippen molar-refractivity contribution in [3.63, 3.8) is 0 Å². The molecule has 5 nitrogen and oxygen atoms in total. The topological polar surface area (TPSA) is 63.7 Å². The molecule has 0 N–H and O–H groups in total. The Morgan fingerprint density at radius 1 is 1.33 bits per heavy atom. The Morgan fingerprint density at radius 2 is 2.11 bits per heavy atom. The standard InChI is InChI=1S/C12H21NO4S/c1-10(14)8-11-4-2-6-13(11)18(15,16)9-12-5-3-7-17-12/h11-12H,2-9H2,1H3. The summed E-state index contributed by atoms with van der Waals surface area (Å²) in [5, 5.41) is 0. The Kier molecular flexibility index (Phi) is 4.40. The van der Waals surface area contributed by atoms with Crippen molar-refractivity contribution in [2.45, 2.75) is 51.2 Å². The van der Waals surface area contributed by atoms with E-state index in [-0.39, 0.29) is 23.7 Å². The third kappa shape index (κ3) is 3.30. The minimum Gasteiger partial charge on any atom is -0.377 e. The Bertz CT molecular complexity index is 400. The van der Waals surface area contributed by atoms with Crippen molar-refractivity contribution in [3.8, 4) is 0 Å². The fourth-order valence-corrected chi connectivity index (χ4v) is 4.78. The molecule has 2 atom stereocenters. The van der Waals surface area contributed by atoms with Gasteiger partial charge in [0.05, 0.1) is 11.9 Å². The number of Topliss-reactive ketones (excluding diaryl/α,β-unsaturated/α-hetero) is 1. The van der Waals surface area contributed by atoms with Crippen LogP contribution in [-0.2, 0) is 19.6 Å². The third-order valence-corrected chi connectivity index (χ3v) is 5.61. The highest BCUT2D eigenvalue weighted by Gasteiger charge is 2.36. The zero-order chi connectivity index (χ0) is 13.2. The second-order valence-corrected chi connectivity index (χ2v) is 7.19. The van der Waals surface area contributed by atoms with Gasteiger partial charge in [-0.3, -0.25) is 4.79 Å². The van der Waals surface area contributed by atoms with E-state index < -0.39 is 10.0 Å². The molecular formula is C12H21NO4S. The molecule has 6 heteroatoms. The molecular weight excluding hydrogens is 254 g/mol. The number of hydrogen-bond donors (Lipinski definition) is 0. The third-order valence-electron chi connectivity index (χ3n) is 3.62. The number of ketones is 1. The molecule has 0 bridgehead atoms. The molecule has 2 heterocycles. The molecule has 2 aliphatic heterocycles. The first-order chi connectivity index (χ1) is 8.49. The van der Waals surface area contributed by atoms with Crippen LogP contribution in [0.3, 0.4) is 0 Å². The highest BCUT2D eigenvalue weighted by atomic mass is 32.2. The highest BCUT2D eigenvalue weighted by molar-refractivity contribution is 7.89. The van der Waals surface area contributed by atoms with Gasteiger partial charge in [0.15, 0.2) is 0 Å². The van der Waals surface area contributed by atoms with E-state index in [9.17, 15) is 13.2 Å². The fraction of sp³-hybridized carbons (Fsp3) is 0.917. The van der Waals surface area contributed by atoms with E-state index in [1.165, 1.54) is 11.2 Å². The van der Waals surface area contributed by atoms with Crippen LogP contribution in [0.1, 0.15) is 39.0 Å². The van der Waals surface area contributed by atoms with E-state index in [1.54, 1.807) is 0 Å². The molecule has 2 aliphatic rings. The van der Waals surface area contributed by atoms with Crippen LogP contribution in [0.4, 0.5) is 0 Å². The van der Waals surface area contributed by atoms with Gasteiger partial charge in [-0.1, -0.05) is 0 Å². The second kappa shape index (κ2) is 5.67. The van der Waals surface area contributed by atoms with E-state index in [2.05, 4.69) is 0 Å². The largest absolute Gasteiger partial charge is 0.377 e. The Labute approximate surface area is 109 Å². The fourth-order valence-electron chi connectivity index (χ4n) is 2.82. The summed E-state index contributed by atoms with van der Waals surface area (Å²) in [5.74, 6) is 0.126. The maximum atomic E-state index is 12.3. The van der Waals surface area contributed by atoms with Crippen LogP contribution >= 0.6 is 0 Å². The van der Waals surface area contributed by atoms with Crippen LogP contribution in [0.2, 0.25) is 0 Å². The van der Waals surface area contributed by atoms with E-state index in [0.717, 1.165) is 25.7 Å². The lowest BCUT2D eigenvalue weighted by molar-refractivity contribution is -0.117. The normalized spacial score (nSPS) is 29.8. The number of rotatable bonds is 5. The number of nitrogens with zero attached hydrogens (tertiary/aromatic N) is 1. The van der Waals surface area contributed by atoms with Crippen LogP contribution in [0.15, 0.2) is 0 Å². The summed E-state index contributed by atoms with van der Waals surface area (Å²) in [7, 11) is -3.28. The molecule has 0 amide bonds. The van der Waals surface area contributed by atoms with Gasteiger partial charge in [-0.15, -0.1) is 0 Å². The minimum atomic E-state index is -3.28. The van der Waals surface area contributed by atoms with Crippen LogP contribution in [0.5, 0.6) is 0 Å². The molecule has 104 valence electrons. The van der Waals surface area contributed by atoms with Crippen LogP contribution in [0.25, 0.3) is 0 Å². The maximum absolute atomic E-state index is 12.3. The molecule has 0 aromatic carbocycles. The summed E-state index contributed by atoms with van der Waals surface area (Å²) in [6.07, 6.45) is 3.59. The van der Waals surface area contributed by atoms with Crippen molar-refractivity contribution >= 4 is 15.8 Å². The van der Waals surface area contributed by atoms with Gasteiger partial charge in [-0.25, -0.2) is 8.42 Å². The van der Waals surface area contributed by atoms with Gasteiger partial charge in [0.1, 0.15) is 5.78 Å². The summed E-state index contributed by atoms with van der Waals surface area (Å²) >= 11 is 0. The van der Waals surface area contributed by atoms with Crippen LogP contribution in [-0.4, -0.2) is 49.6 Å². The van der Waals surface area contributed by atoms with Crippen molar-refractivity contribution in [2.75, 3.05) is 18.9 Å². The van der Waals surface area contributed by atoms with E-state index in [4.69, 9.17) is 4.74 Å². The minimum absolute atomic E-state index is 0.0548. The van der Waals surface area contributed by atoms with Gasteiger partial charge in [-0.05, 0) is 32.6 Å². The van der Waals surface area contributed by atoms with Gasteiger partial charge in [-0.2, -0.15) is 4.31 Å². The van der Waals surface area contributed by atoms with E-state index in [1.807, 2.05) is 0 Å². The van der Waals surface area contributed by atoms with Gasteiger partial charge in [0.25, 0.3) is 0 Å². The number of carbonyl (C=O) groups is 1. The molecule has 18 heavy (non-hydrogen) atoms. The van der Waals surface area contributed by atoms with Gasteiger partial charge in [0.2, 0.25) is 10.0 Å². The molecule has 0 aromatic heterocycles. The molecule has 0 radical (unpaired) electrons. The Hall–Kier alpha value is -0.460. The summed E-state index contributed by atoms with van der Waals surface area (Å²) in [5.41, 5.74) is 0. The first-order valence-electron chi connectivity index (χ1n) is 6.59.